The number of aliphatic hydroxyl groups is 1. The number of benzene rings is 4. The van der Waals surface area contributed by atoms with E-state index < -0.39 is 61.2 Å². The third-order valence-electron chi connectivity index (χ3n) is 6.77. The first-order valence-electron chi connectivity index (χ1n) is 13.7. The van der Waals surface area contributed by atoms with Gasteiger partial charge in [0.1, 0.15) is 19.3 Å². The van der Waals surface area contributed by atoms with Crippen LogP contribution >= 0.6 is 0 Å². The molecule has 4 aromatic rings. The molecule has 1 aliphatic heterocycles. The maximum Gasteiger partial charge on any atom is 0.338 e. The summed E-state index contributed by atoms with van der Waals surface area (Å²) >= 11 is 0. The molecule has 224 valence electrons. The SMILES string of the molecule is O=C(OC[C@@H]1O[C@@](O)(COC(=O)c2ccccc2)[C@@H](OC(=O)c2ccccc2)[C@@H]1OC(=O)c1ccccc1)c1ccccc1. The van der Waals surface area contributed by atoms with E-state index in [4.69, 9.17) is 23.7 Å². The summed E-state index contributed by atoms with van der Waals surface area (Å²) in [6, 6.07) is 32.1. The average Bonchev–Trinajstić information content (AvgIpc) is 3.33. The minimum Gasteiger partial charge on any atom is -0.459 e. The van der Waals surface area contributed by atoms with Crippen molar-refractivity contribution in [3.8, 4) is 0 Å². The van der Waals surface area contributed by atoms with Gasteiger partial charge in [0.2, 0.25) is 5.79 Å². The predicted octanol–water partition coefficient (Wildman–Crippen LogP) is 4.24. The molecule has 0 bridgehead atoms. The van der Waals surface area contributed by atoms with E-state index in [1.165, 1.54) is 36.4 Å². The fourth-order valence-corrected chi connectivity index (χ4v) is 4.56. The van der Waals surface area contributed by atoms with E-state index in [0.717, 1.165) is 0 Å². The van der Waals surface area contributed by atoms with Gasteiger partial charge in [-0.1, -0.05) is 72.8 Å². The highest BCUT2D eigenvalue weighted by atomic mass is 16.7. The van der Waals surface area contributed by atoms with Gasteiger partial charge in [-0.3, -0.25) is 0 Å². The molecule has 4 atom stereocenters. The fourth-order valence-electron chi connectivity index (χ4n) is 4.56. The molecule has 0 saturated carbocycles. The molecule has 0 radical (unpaired) electrons. The zero-order valence-corrected chi connectivity index (χ0v) is 23.3. The number of hydrogen-bond donors (Lipinski definition) is 1. The van der Waals surface area contributed by atoms with E-state index in [9.17, 15) is 24.3 Å². The van der Waals surface area contributed by atoms with Crippen LogP contribution in [0.15, 0.2) is 121 Å². The Hall–Kier alpha value is -5.32. The van der Waals surface area contributed by atoms with Gasteiger partial charge < -0.3 is 28.8 Å². The molecule has 1 N–H and O–H groups in total. The molecule has 10 nitrogen and oxygen atoms in total. The van der Waals surface area contributed by atoms with Gasteiger partial charge in [0, 0.05) is 0 Å². The van der Waals surface area contributed by atoms with Crippen LogP contribution in [0.3, 0.4) is 0 Å². The molecule has 44 heavy (non-hydrogen) atoms. The summed E-state index contributed by atoms with van der Waals surface area (Å²) in [6.07, 6.45) is -4.52. The minimum atomic E-state index is -2.50. The number of esters is 4. The second-order valence-corrected chi connectivity index (χ2v) is 9.84. The van der Waals surface area contributed by atoms with Crippen molar-refractivity contribution in [1.82, 2.24) is 0 Å². The number of ether oxygens (including phenoxy) is 5. The van der Waals surface area contributed by atoms with Gasteiger partial charge in [-0.2, -0.15) is 0 Å². The second kappa shape index (κ2) is 13.8. The Labute approximate surface area is 252 Å². The maximum atomic E-state index is 13.2. The lowest BCUT2D eigenvalue weighted by molar-refractivity contribution is -0.247. The van der Waals surface area contributed by atoms with E-state index in [2.05, 4.69) is 0 Å². The zero-order valence-electron chi connectivity index (χ0n) is 23.3. The Bertz CT molecular complexity index is 1580. The fraction of sp³-hybridized carbons (Fsp3) is 0.176. The smallest absolute Gasteiger partial charge is 0.338 e. The summed E-state index contributed by atoms with van der Waals surface area (Å²) in [6.45, 7) is -1.31. The molecule has 1 heterocycles. The summed E-state index contributed by atoms with van der Waals surface area (Å²) in [4.78, 5) is 51.8. The molecule has 0 spiro atoms. The van der Waals surface area contributed by atoms with Crippen LogP contribution in [0.5, 0.6) is 0 Å². The van der Waals surface area contributed by atoms with Crippen molar-refractivity contribution in [3.05, 3.63) is 144 Å². The summed E-state index contributed by atoms with van der Waals surface area (Å²) in [5, 5.41) is 11.7. The van der Waals surface area contributed by atoms with Gasteiger partial charge in [0.25, 0.3) is 0 Å². The van der Waals surface area contributed by atoms with Gasteiger partial charge in [0.15, 0.2) is 12.2 Å². The Balaban J connectivity index is 1.44. The van der Waals surface area contributed by atoms with E-state index in [-0.39, 0.29) is 22.3 Å². The second-order valence-electron chi connectivity index (χ2n) is 9.84. The van der Waals surface area contributed by atoms with Crippen molar-refractivity contribution in [1.29, 1.82) is 0 Å². The Morgan fingerprint density at radius 2 is 0.955 bits per heavy atom. The molecule has 10 heteroatoms. The highest BCUT2D eigenvalue weighted by molar-refractivity contribution is 5.91. The van der Waals surface area contributed by atoms with Gasteiger partial charge in [-0.25, -0.2) is 19.2 Å². The van der Waals surface area contributed by atoms with Crippen molar-refractivity contribution < 1.29 is 48.0 Å². The lowest BCUT2D eigenvalue weighted by Gasteiger charge is -2.29. The van der Waals surface area contributed by atoms with Crippen molar-refractivity contribution in [2.75, 3.05) is 13.2 Å². The van der Waals surface area contributed by atoms with E-state index in [1.807, 2.05) is 0 Å². The van der Waals surface area contributed by atoms with Crippen LogP contribution in [0, 0.1) is 0 Å². The van der Waals surface area contributed by atoms with E-state index >= 15 is 0 Å². The minimum absolute atomic E-state index is 0.142. The van der Waals surface area contributed by atoms with Crippen LogP contribution in [0.1, 0.15) is 41.4 Å². The summed E-state index contributed by atoms with van der Waals surface area (Å²) in [7, 11) is 0. The first kappa shape index (κ1) is 30.1. The van der Waals surface area contributed by atoms with Crippen molar-refractivity contribution in [2.45, 2.75) is 24.1 Å². The molecule has 0 aromatic heterocycles. The van der Waals surface area contributed by atoms with Crippen LogP contribution in [-0.4, -0.2) is 66.3 Å². The van der Waals surface area contributed by atoms with Gasteiger partial charge in [-0.15, -0.1) is 0 Å². The van der Waals surface area contributed by atoms with Crippen LogP contribution < -0.4 is 0 Å². The summed E-state index contributed by atoms with van der Waals surface area (Å²) < 4.78 is 28.1. The summed E-state index contributed by atoms with van der Waals surface area (Å²) in [5.41, 5.74) is 0.768. The van der Waals surface area contributed by atoms with Crippen molar-refractivity contribution >= 4 is 23.9 Å². The topological polar surface area (TPSA) is 135 Å². The quantitative estimate of drug-likeness (QED) is 0.209. The number of carbonyl (C=O) groups is 4. The largest absolute Gasteiger partial charge is 0.459 e. The normalized spacial score (nSPS) is 20.7. The van der Waals surface area contributed by atoms with Gasteiger partial charge in [0.05, 0.1) is 22.3 Å². The molecular formula is C34H28O10. The van der Waals surface area contributed by atoms with Crippen LogP contribution in [0.25, 0.3) is 0 Å². The average molecular weight is 597 g/mol. The van der Waals surface area contributed by atoms with Gasteiger partial charge in [-0.05, 0) is 48.5 Å². The maximum absolute atomic E-state index is 13.2. The van der Waals surface area contributed by atoms with Crippen molar-refractivity contribution in [3.63, 3.8) is 0 Å². The van der Waals surface area contributed by atoms with Crippen molar-refractivity contribution in [2.24, 2.45) is 0 Å². The molecular weight excluding hydrogens is 568 g/mol. The molecule has 4 aromatic carbocycles. The lowest BCUT2D eigenvalue weighted by Crippen LogP contribution is -2.51. The molecule has 1 aliphatic rings. The van der Waals surface area contributed by atoms with Crippen LogP contribution in [-0.2, 0) is 23.7 Å². The number of carbonyl (C=O) groups excluding carboxylic acids is 4. The third kappa shape index (κ3) is 7.17. The molecule has 0 aliphatic carbocycles. The van der Waals surface area contributed by atoms with E-state index in [0.29, 0.717) is 0 Å². The molecule has 0 unspecified atom stereocenters. The third-order valence-corrected chi connectivity index (χ3v) is 6.77. The number of rotatable bonds is 10. The first-order valence-corrected chi connectivity index (χ1v) is 13.7. The Morgan fingerprint density at radius 3 is 1.41 bits per heavy atom. The molecule has 1 saturated heterocycles. The Kier molecular flexibility index (Phi) is 9.43. The monoisotopic (exact) mass is 596 g/mol. The molecule has 0 amide bonds. The Morgan fingerprint density at radius 1 is 0.568 bits per heavy atom. The standard InChI is InChI=1S/C34H28O10/c35-30(23-13-5-1-6-14-23)40-21-27-28(42-32(37)25-17-9-3-10-18-25)29(43-33(38)26-19-11-4-12-20-26)34(39,44-27)22-41-31(36)24-15-7-2-8-16-24/h1-20,27-29,39H,21-22H2/t27-,28+,29-,34-/m0/s1. The lowest BCUT2D eigenvalue weighted by atomic mass is 10.0. The van der Waals surface area contributed by atoms with E-state index in [1.54, 1.807) is 84.9 Å². The number of hydrogen-bond acceptors (Lipinski definition) is 10. The molecule has 5 rings (SSSR count). The summed E-state index contributed by atoms with van der Waals surface area (Å²) in [5.74, 6) is -5.67. The molecule has 1 fully saturated rings. The van der Waals surface area contributed by atoms with Crippen LogP contribution in [0.2, 0.25) is 0 Å². The van der Waals surface area contributed by atoms with Gasteiger partial charge >= 0.3 is 23.9 Å². The highest BCUT2D eigenvalue weighted by Crippen LogP contribution is 2.36. The predicted molar refractivity (Wildman–Crippen MR) is 155 cm³/mol. The zero-order chi connectivity index (χ0) is 30.9. The first-order chi connectivity index (χ1) is 21.3. The highest BCUT2D eigenvalue weighted by Gasteiger charge is 2.60. The van der Waals surface area contributed by atoms with Crippen LogP contribution in [0.4, 0.5) is 0 Å².